The minimum atomic E-state index is -3.74. The van der Waals surface area contributed by atoms with Crippen LogP contribution in [0.15, 0.2) is 52.0 Å². The number of halogens is 1. The molecule has 0 aliphatic carbocycles. The number of hydrogen-bond donors (Lipinski definition) is 0. The lowest BCUT2D eigenvalue weighted by Gasteiger charge is -2.19. The summed E-state index contributed by atoms with van der Waals surface area (Å²) in [6.45, 7) is 0. The smallest absolute Gasteiger partial charge is 0.268 e. The third-order valence-corrected chi connectivity index (χ3v) is 5.01. The van der Waals surface area contributed by atoms with Gasteiger partial charge in [0.05, 0.1) is 7.11 Å². The Bertz CT molecular complexity index is 705. The van der Waals surface area contributed by atoms with Gasteiger partial charge in [-0.1, -0.05) is 22.0 Å². The van der Waals surface area contributed by atoms with Crippen molar-refractivity contribution < 1.29 is 13.2 Å². The summed E-state index contributed by atoms with van der Waals surface area (Å²) in [7, 11) is -0.852. The molecule has 0 saturated carbocycles. The van der Waals surface area contributed by atoms with Gasteiger partial charge in [-0.2, -0.15) is 0 Å². The highest BCUT2D eigenvalue weighted by Gasteiger charge is 2.26. The normalized spacial score (nSPS) is 11.2. The summed E-state index contributed by atoms with van der Waals surface area (Å²) in [5.74, 6) is 0.630. The Morgan fingerprint density at radius 2 is 2.00 bits per heavy atom. The van der Waals surface area contributed by atoms with Crippen LogP contribution in [0.4, 0.5) is 5.82 Å². The van der Waals surface area contributed by atoms with E-state index < -0.39 is 10.0 Å². The summed E-state index contributed by atoms with van der Waals surface area (Å²) in [6.07, 6.45) is 1.54. The van der Waals surface area contributed by atoms with Crippen LogP contribution in [0.25, 0.3) is 0 Å². The number of sulfonamides is 1. The van der Waals surface area contributed by atoms with Crippen molar-refractivity contribution in [3.05, 3.63) is 47.1 Å². The first-order valence-electron chi connectivity index (χ1n) is 5.70. The van der Waals surface area contributed by atoms with E-state index in [9.17, 15) is 8.42 Å². The minimum Gasteiger partial charge on any atom is -0.495 e. The van der Waals surface area contributed by atoms with Crippen LogP contribution in [0.5, 0.6) is 5.75 Å². The molecule has 0 amide bonds. The fourth-order valence-electron chi connectivity index (χ4n) is 1.66. The summed E-state index contributed by atoms with van der Waals surface area (Å²) in [6, 6.07) is 9.91. The fraction of sp³-hybridized carbons (Fsp3) is 0.154. The maximum atomic E-state index is 12.6. The van der Waals surface area contributed by atoms with Crippen LogP contribution in [-0.2, 0) is 10.0 Å². The van der Waals surface area contributed by atoms with Gasteiger partial charge in [-0.3, -0.25) is 4.31 Å². The lowest BCUT2D eigenvalue weighted by Crippen LogP contribution is -2.27. The van der Waals surface area contributed by atoms with Crippen LogP contribution in [0.2, 0.25) is 0 Å². The molecule has 0 bridgehead atoms. The Morgan fingerprint density at radius 3 is 2.60 bits per heavy atom. The molecule has 1 aromatic carbocycles. The highest BCUT2D eigenvalue weighted by atomic mass is 79.9. The number of benzene rings is 1. The molecule has 2 aromatic rings. The molecular weight excluding hydrogens is 344 g/mol. The van der Waals surface area contributed by atoms with Crippen LogP contribution < -0.4 is 9.04 Å². The molecule has 5 nitrogen and oxygen atoms in total. The van der Waals surface area contributed by atoms with Crippen LogP contribution in [0.3, 0.4) is 0 Å². The maximum Gasteiger partial charge on any atom is 0.268 e. The first kappa shape index (κ1) is 14.8. The number of aromatic nitrogens is 1. The van der Waals surface area contributed by atoms with Gasteiger partial charge in [-0.15, -0.1) is 0 Å². The standard InChI is InChI=1S/C13H13BrN2O3S/c1-16(13-5-3-4-8-15-13)20(17,18)12-9-10(14)6-7-11(12)19-2/h3-9H,1-2H3. The van der Waals surface area contributed by atoms with E-state index >= 15 is 0 Å². The van der Waals surface area contributed by atoms with Crippen LogP contribution in [0, 0.1) is 0 Å². The second kappa shape index (κ2) is 5.80. The van der Waals surface area contributed by atoms with Gasteiger partial charge < -0.3 is 4.74 Å². The van der Waals surface area contributed by atoms with E-state index in [0.717, 1.165) is 4.31 Å². The minimum absolute atomic E-state index is 0.0857. The van der Waals surface area contributed by atoms with E-state index in [4.69, 9.17) is 4.74 Å². The van der Waals surface area contributed by atoms with Gasteiger partial charge >= 0.3 is 0 Å². The maximum absolute atomic E-state index is 12.6. The predicted molar refractivity (Wildman–Crippen MR) is 80.5 cm³/mol. The van der Waals surface area contributed by atoms with Gasteiger partial charge in [0, 0.05) is 17.7 Å². The number of rotatable bonds is 4. The van der Waals surface area contributed by atoms with Gasteiger partial charge in [0.2, 0.25) is 0 Å². The SMILES string of the molecule is COc1ccc(Br)cc1S(=O)(=O)N(C)c1ccccn1. The Labute approximate surface area is 126 Å². The third-order valence-electron chi connectivity index (χ3n) is 2.74. The molecule has 0 unspecified atom stereocenters. The molecule has 2 rings (SSSR count). The Hall–Kier alpha value is -1.60. The number of anilines is 1. The summed E-state index contributed by atoms with van der Waals surface area (Å²) < 4.78 is 32.2. The van der Waals surface area contributed by atoms with Crippen LogP contribution in [-0.4, -0.2) is 27.6 Å². The molecule has 0 saturated heterocycles. The Kier molecular flexibility index (Phi) is 4.29. The Morgan fingerprint density at radius 1 is 1.25 bits per heavy atom. The quantitative estimate of drug-likeness (QED) is 0.844. The van der Waals surface area contributed by atoms with E-state index in [-0.39, 0.29) is 10.6 Å². The van der Waals surface area contributed by atoms with Crippen molar-refractivity contribution in [2.45, 2.75) is 4.90 Å². The highest BCUT2D eigenvalue weighted by molar-refractivity contribution is 9.10. The zero-order valence-electron chi connectivity index (χ0n) is 10.9. The summed E-state index contributed by atoms with van der Waals surface area (Å²) >= 11 is 3.27. The largest absolute Gasteiger partial charge is 0.495 e. The molecule has 106 valence electrons. The highest BCUT2D eigenvalue weighted by Crippen LogP contribution is 2.30. The van der Waals surface area contributed by atoms with Gasteiger partial charge in [0.25, 0.3) is 10.0 Å². The fourth-order valence-corrected chi connectivity index (χ4v) is 3.51. The van der Waals surface area contributed by atoms with Gasteiger partial charge in [-0.05, 0) is 30.3 Å². The second-order valence-corrected chi connectivity index (χ2v) is 6.81. The molecule has 0 radical (unpaired) electrons. The van der Waals surface area contributed by atoms with Crippen molar-refractivity contribution in [3.8, 4) is 5.75 Å². The van der Waals surface area contributed by atoms with E-state index in [1.165, 1.54) is 20.2 Å². The van der Waals surface area contributed by atoms with Crippen molar-refractivity contribution in [1.82, 2.24) is 4.98 Å². The molecule has 20 heavy (non-hydrogen) atoms. The van der Waals surface area contributed by atoms with Gasteiger partial charge in [0.15, 0.2) is 0 Å². The molecule has 1 aromatic heterocycles. The van der Waals surface area contributed by atoms with E-state index in [0.29, 0.717) is 10.3 Å². The lowest BCUT2D eigenvalue weighted by molar-refractivity contribution is 0.402. The van der Waals surface area contributed by atoms with Crippen LogP contribution >= 0.6 is 15.9 Å². The van der Waals surface area contributed by atoms with Gasteiger partial charge in [-0.25, -0.2) is 13.4 Å². The first-order valence-corrected chi connectivity index (χ1v) is 7.93. The Balaban J connectivity index is 2.53. The monoisotopic (exact) mass is 356 g/mol. The molecular formula is C13H13BrN2O3S. The lowest BCUT2D eigenvalue weighted by atomic mass is 10.3. The molecule has 0 N–H and O–H groups in total. The first-order chi connectivity index (χ1) is 9.46. The van der Waals surface area contributed by atoms with Crippen molar-refractivity contribution in [2.75, 3.05) is 18.5 Å². The molecule has 1 heterocycles. The average Bonchev–Trinajstić information content (AvgIpc) is 2.47. The number of pyridine rings is 1. The van der Waals surface area contributed by atoms with E-state index in [1.807, 2.05) is 0 Å². The predicted octanol–water partition coefficient (Wildman–Crippen LogP) is 2.68. The molecule has 0 spiro atoms. The van der Waals surface area contributed by atoms with Crippen molar-refractivity contribution in [3.63, 3.8) is 0 Å². The van der Waals surface area contributed by atoms with E-state index in [2.05, 4.69) is 20.9 Å². The molecule has 0 aliphatic heterocycles. The van der Waals surface area contributed by atoms with Crippen molar-refractivity contribution >= 4 is 31.8 Å². The average molecular weight is 357 g/mol. The summed E-state index contributed by atoms with van der Waals surface area (Å²) in [5.41, 5.74) is 0. The number of hydrogen-bond acceptors (Lipinski definition) is 4. The van der Waals surface area contributed by atoms with Gasteiger partial charge in [0.1, 0.15) is 16.5 Å². The second-order valence-electron chi connectivity index (χ2n) is 3.96. The molecule has 7 heteroatoms. The number of nitrogens with zero attached hydrogens (tertiary/aromatic N) is 2. The molecule has 0 aliphatic rings. The summed E-state index contributed by atoms with van der Waals surface area (Å²) in [5, 5.41) is 0. The number of ether oxygens (including phenoxy) is 1. The summed E-state index contributed by atoms with van der Waals surface area (Å²) in [4.78, 5) is 4.13. The zero-order chi connectivity index (χ0) is 14.8. The number of methoxy groups -OCH3 is 1. The topological polar surface area (TPSA) is 59.5 Å². The molecule has 0 atom stereocenters. The van der Waals surface area contributed by atoms with Crippen LogP contribution in [0.1, 0.15) is 0 Å². The van der Waals surface area contributed by atoms with Crippen molar-refractivity contribution in [1.29, 1.82) is 0 Å². The van der Waals surface area contributed by atoms with Crippen molar-refractivity contribution in [2.24, 2.45) is 0 Å². The third kappa shape index (κ3) is 2.78. The van der Waals surface area contributed by atoms with E-state index in [1.54, 1.807) is 36.5 Å². The molecule has 0 fully saturated rings. The zero-order valence-corrected chi connectivity index (χ0v) is 13.3.